The molecule has 0 unspecified atom stereocenters. The Morgan fingerprint density at radius 3 is 1.90 bits per heavy atom. The lowest BCUT2D eigenvalue weighted by atomic mass is 10.3. The molecule has 2 rings (SSSR count). The summed E-state index contributed by atoms with van der Waals surface area (Å²) in [5, 5.41) is -0.252. The Morgan fingerprint density at radius 2 is 1.43 bits per heavy atom. The Bertz CT molecular complexity index is 772. The lowest BCUT2D eigenvalue weighted by Gasteiger charge is -2.11. The van der Waals surface area contributed by atoms with Crippen LogP contribution >= 0.6 is 39.1 Å². The smallest absolute Gasteiger partial charge is 0.264 e. The second kappa shape index (κ2) is 6.08. The zero-order chi connectivity index (χ0) is 15.8. The van der Waals surface area contributed by atoms with Gasteiger partial charge in [-0.05, 0) is 24.3 Å². The molecule has 9 heteroatoms. The fourth-order valence-corrected chi connectivity index (χ4v) is 4.58. The molecule has 112 valence electrons. The van der Waals surface area contributed by atoms with Crippen molar-refractivity contribution in [3.8, 4) is 0 Å². The molecule has 0 atom stereocenters. The quantitative estimate of drug-likeness (QED) is 0.778. The Morgan fingerprint density at radius 1 is 0.952 bits per heavy atom. The van der Waals surface area contributed by atoms with Crippen LogP contribution in [0.4, 0.5) is 14.5 Å². The van der Waals surface area contributed by atoms with E-state index < -0.39 is 21.7 Å². The van der Waals surface area contributed by atoms with Gasteiger partial charge in [0.2, 0.25) is 0 Å². The van der Waals surface area contributed by atoms with Crippen LogP contribution in [0.2, 0.25) is 10.0 Å². The average molecular weight is 417 g/mol. The zero-order valence-corrected chi connectivity index (χ0v) is 13.9. The van der Waals surface area contributed by atoms with Crippen LogP contribution in [-0.2, 0) is 10.0 Å². The molecule has 0 spiro atoms. The lowest BCUT2D eigenvalue weighted by molar-refractivity contribution is 0.584. The third kappa shape index (κ3) is 3.85. The average Bonchev–Trinajstić information content (AvgIpc) is 2.23. The van der Waals surface area contributed by atoms with E-state index in [2.05, 4.69) is 15.9 Å². The van der Waals surface area contributed by atoms with Crippen molar-refractivity contribution in [2.24, 2.45) is 0 Å². The fraction of sp³-hybridized carbons (Fsp3) is 0. The second-order valence-corrected chi connectivity index (χ2v) is 7.31. The normalized spacial score (nSPS) is 11.5. The van der Waals surface area contributed by atoms with Crippen molar-refractivity contribution in [3.05, 3.63) is 56.5 Å². The van der Waals surface area contributed by atoms with Gasteiger partial charge in [-0.25, -0.2) is 17.2 Å². The standard InChI is InChI=1S/C12H6BrCl2F2NO2S/c13-6-1-10(14)12(11(15)2-6)21(19,20)18-9-4-7(16)3-8(17)5-9/h1-5,18H. The second-order valence-electron chi connectivity index (χ2n) is 3.96. The van der Waals surface area contributed by atoms with Crippen LogP contribution < -0.4 is 4.72 Å². The molecule has 2 aromatic carbocycles. The van der Waals surface area contributed by atoms with Gasteiger partial charge in [-0.1, -0.05) is 39.1 Å². The molecule has 0 aromatic heterocycles. The predicted octanol–water partition coefficient (Wildman–Crippen LogP) is 4.83. The minimum absolute atomic E-state index is 0.126. The van der Waals surface area contributed by atoms with E-state index in [0.29, 0.717) is 10.5 Å². The molecule has 0 radical (unpaired) electrons. The third-order valence-electron chi connectivity index (χ3n) is 2.35. The highest BCUT2D eigenvalue weighted by Gasteiger charge is 2.23. The van der Waals surface area contributed by atoms with Gasteiger partial charge < -0.3 is 0 Å². The van der Waals surface area contributed by atoms with Crippen molar-refractivity contribution in [2.45, 2.75) is 4.90 Å². The van der Waals surface area contributed by atoms with E-state index >= 15 is 0 Å². The summed E-state index contributed by atoms with van der Waals surface area (Å²) >= 11 is 14.8. The van der Waals surface area contributed by atoms with Gasteiger partial charge in [-0.15, -0.1) is 0 Å². The zero-order valence-electron chi connectivity index (χ0n) is 10.0. The van der Waals surface area contributed by atoms with Gasteiger partial charge in [0.25, 0.3) is 10.0 Å². The molecule has 0 fully saturated rings. The van der Waals surface area contributed by atoms with E-state index in [0.717, 1.165) is 12.1 Å². The Balaban J connectivity index is 2.48. The molecule has 2 aromatic rings. The first-order valence-electron chi connectivity index (χ1n) is 5.32. The van der Waals surface area contributed by atoms with Gasteiger partial charge >= 0.3 is 0 Å². The highest BCUT2D eigenvalue weighted by Crippen LogP contribution is 2.34. The largest absolute Gasteiger partial charge is 0.279 e. The van der Waals surface area contributed by atoms with Crippen molar-refractivity contribution in [1.29, 1.82) is 0 Å². The van der Waals surface area contributed by atoms with Crippen LogP contribution in [0.15, 0.2) is 39.7 Å². The van der Waals surface area contributed by atoms with E-state index in [1.807, 2.05) is 4.72 Å². The molecule has 0 aliphatic heterocycles. The van der Waals surface area contributed by atoms with Crippen molar-refractivity contribution in [3.63, 3.8) is 0 Å². The molecule has 1 N–H and O–H groups in total. The van der Waals surface area contributed by atoms with Gasteiger partial charge in [-0.2, -0.15) is 0 Å². The Hall–Kier alpha value is -0.890. The van der Waals surface area contributed by atoms with Crippen LogP contribution in [0.25, 0.3) is 0 Å². The molecule has 0 saturated carbocycles. The maximum atomic E-state index is 13.1. The van der Waals surface area contributed by atoms with Crippen LogP contribution in [0.3, 0.4) is 0 Å². The molecule has 0 bridgehead atoms. The minimum atomic E-state index is -4.19. The first-order chi connectivity index (χ1) is 9.69. The number of hydrogen-bond donors (Lipinski definition) is 1. The number of halogens is 5. The number of hydrogen-bond acceptors (Lipinski definition) is 2. The minimum Gasteiger partial charge on any atom is -0.279 e. The first kappa shape index (κ1) is 16.5. The maximum Gasteiger partial charge on any atom is 0.264 e. The summed E-state index contributed by atoms with van der Waals surface area (Å²) in [5.41, 5.74) is -0.275. The molecule has 21 heavy (non-hydrogen) atoms. The molecule has 0 amide bonds. The van der Waals surface area contributed by atoms with Gasteiger partial charge in [0.15, 0.2) is 0 Å². The predicted molar refractivity (Wildman–Crippen MR) is 81.3 cm³/mol. The van der Waals surface area contributed by atoms with Crippen molar-refractivity contribution >= 4 is 54.8 Å². The summed E-state index contributed by atoms with van der Waals surface area (Å²) < 4.78 is 53.2. The topological polar surface area (TPSA) is 46.2 Å². The van der Waals surface area contributed by atoms with E-state index in [4.69, 9.17) is 23.2 Å². The third-order valence-corrected chi connectivity index (χ3v) is 5.11. The van der Waals surface area contributed by atoms with Gasteiger partial charge in [0.1, 0.15) is 16.5 Å². The van der Waals surface area contributed by atoms with Gasteiger partial charge in [0.05, 0.1) is 15.7 Å². The summed E-state index contributed by atoms with van der Waals surface area (Å²) in [4.78, 5) is -0.376. The summed E-state index contributed by atoms with van der Waals surface area (Å²) in [6.45, 7) is 0. The van der Waals surface area contributed by atoms with Crippen LogP contribution in [0.5, 0.6) is 0 Å². The van der Waals surface area contributed by atoms with Gasteiger partial charge in [0, 0.05) is 10.5 Å². The van der Waals surface area contributed by atoms with Crippen molar-refractivity contribution in [1.82, 2.24) is 0 Å². The Labute approximate surface area is 138 Å². The first-order valence-corrected chi connectivity index (χ1v) is 8.36. The summed E-state index contributed by atoms with van der Waals surface area (Å²) in [5.74, 6) is -1.83. The van der Waals surface area contributed by atoms with Crippen molar-refractivity contribution in [2.75, 3.05) is 4.72 Å². The SMILES string of the molecule is O=S(=O)(Nc1cc(F)cc(F)c1)c1c(Cl)cc(Br)cc1Cl. The fourth-order valence-electron chi connectivity index (χ4n) is 1.60. The summed E-state index contributed by atoms with van der Waals surface area (Å²) in [7, 11) is -4.19. The van der Waals surface area contributed by atoms with Crippen LogP contribution in [0, 0.1) is 11.6 Å². The highest BCUT2D eigenvalue weighted by molar-refractivity contribution is 9.10. The number of sulfonamides is 1. The highest BCUT2D eigenvalue weighted by atomic mass is 79.9. The molecule has 0 saturated heterocycles. The van der Waals surface area contributed by atoms with Gasteiger partial charge in [-0.3, -0.25) is 4.72 Å². The number of anilines is 1. The molecule has 0 aliphatic carbocycles. The molecule has 0 heterocycles. The summed E-state index contributed by atoms with van der Waals surface area (Å²) in [6.07, 6.45) is 0. The summed E-state index contributed by atoms with van der Waals surface area (Å²) in [6, 6.07) is 4.97. The number of rotatable bonds is 3. The maximum absolute atomic E-state index is 13.1. The van der Waals surface area contributed by atoms with E-state index in [1.54, 1.807) is 0 Å². The monoisotopic (exact) mass is 415 g/mol. The van der Waals surface area contributed by atoms with Crippen molar-refractivity contribution < 1.29 is 17.2 Å². The number of benzene rings is 2. The molecular weight excluding hydrogens is 411 g/mol. The van der Waals surface area contributed by atoms with E-state index in [1.165, 1.54) is 12.1 Å². The Kier molecular flexibility index (Phi) is 4.77. The van der Waals surface area contributed by atoms with E-state index in [9.17, 15) is 17.2 Å². The molecule has 0 aliphatic rings. The van der Waals surface area contributed by atoms with Crippen LogP contribution in [0.1, 0.15) is 0 Å². The molecule has 3 nitrogen and oxygen atoms in total. The number of nitrogens with one attached hydrogen (secondary N) is 1. The van der Waals surface area contributed by atoms with E-state index in [-0.39, 0.29) is 20.6 Å². The lowest BCUT2D eigenvalue weighted by Crippen LogP contribution is -2.14. The molecular formula is C12H6BrCl2F2NO2S. The van der Waals surface area contributed by atoms with Crippen LogP contribution in [-0.4, -0.2) is 8.42 Å².